The Balaban J connectivity index is 2.12. The molecular weight excluding hydrogens is 292 g/mol. The SMILES string of the molecule is N#Cc1cc(N)ccc1S(=O)(=O)NCC(=O)N1CCCC1. The van der Waals surface area contributed by atoms with E-state index in [1.54, 1.807) is 11.0 Å². The highest BCUT2D eigenvalue weighted by atomic mass is 32.2. The van der Waals surface area contributed by atoms with Crippen LogP contribution in [0.1, 0.15) is 18.4 Å². The number of amides is 1. The van der Waals surface area contributed by atoms with Gasteiger partial charge in [-0.2, -0.15) is 5.26 Å². The molecule has 0 aliphatic carbocycles. The third kappa shape index (κ3) is 3.51. The Hall–Kier alpha value is -2.11. The van der Waals surface area contributed by atoms with E-state index < -0.39 is 10.0 Å². The van der Waals surface area contributed by atoms with Crippen molar-refractivity contribution in [1.82, 2.24) is 9.62 Å². The molecule has 1 aliphatic rings. The first kappa shape index (κ1) is 15.3. The number of sulfonamides is 1. The molecule has 1 heterocycles. The molecule has 1 amide bonds. The molecule has 8 heteroatoms. The van der Waals surface area contributed by atoms with Gasteiger partial charge in [-0.15, -0.1) is 0 Å². The zero-order chi connectivity index (χ0) is 15.5. The van der Waals surface area contributed by atoms with Gasteiger partial charge in [-0.3, -0.25) is 4.79 Å². The second kappa shape index (κ2) is 6.11. The lowest BCUT2D eigenvalue weighted by Crippen LogP contribution is -2.38. The van der Waals surface area contributed by atoms with Gasteiger partial charge in [-0.05, 0) is 31.0 Å². The van der Waals surface area contributed by atoms with Crippen molar-refractivity contribution in [3.8, 4) is 6.07 Å². The first-order chi connectivity index (χ1) is 9.94. The van der Waals surface area contributed by atoms with Crippen molar-refractivity contribution in [3.05, 3.63) is 23.8 Å². The molecule has 0 radical (unpaired) electrons. The molecule has 0 atom stereocenters. The van der Waals surface area contributed by atoms with Crippen molar-refractivity contribution in [2.75, 3.05) is 25.4 Å². The zero-order valence-corrected chi connectivity index (χ0v) is 12.2. The third-order valence-electron chi connectivity index (χ3n) is 3.29. The van der Waals surface area contributed by atoms with Crippen molar-refractivity contribution >= 4 is 21.6 Å². The number of nitrogen functional groups attached to an aromatic ring is 1. The Bertz CT molecular complexity index is 688. The van der Waals surface area contributed by atoms with Crippen LogP contribution < -0.4 is 10.5 Å². The van der Waals surface area contributed by atoms with E-state index in [1.165, 1.54) is 18.2 Å². The van der Waals surface area contributed by atoms with Crippen molar-refractivity contribution < 1.29 is 13.2 Å². The topological polar surface area (TPSA) is 116 Å². The van der Waals surface area contributed by atoms with Crippen LogP contribution in [-0.4, -0.2) is 38.9 Å². The summed E-state index contributed by atoms with van der Waals surface area (Å²) >= 11 is 0. The van der Waals surface area contributed by atoms with Crippen LogP contribution in [0.5, 0.6) is 0 Å². The van der Waals surface area contributed by atoms with Crippen molar-refractivity contribution in [2.24, 2.45) is 0 Å². The van der Waals surface area contributed by atoms with Crippen LogP contribution in [0, 0.1) is 11.3 Å². The Kier molecular flexibility index (Phi) is 4.45. The number of nitrogens with zero attached hydrogens (tertiary/aromatic N) is 2. The maximum absolute atomic E-state index is 12.2. The molecule has 7 nitrogen and oxygen atoms in total. The highest BCUT2D eigenvalue weighted by Crippen LogP contribution is 2.18. The average Bonchev–Trinajstić information content (AvgIpc) is 2.98. The van der Waals surface area contributed by atoms with E-state index in [1.807, 2.05) is 0 Å². The Morgan fingerprint density at radius 2 is 2.05 bits per heavy atom. The molecular formula is C13H16N4O3S. The summed E-state index contributed by atoms with van der Waals surface area (Å²) in [4.78, 5) is 13.3. The third-order valence-corrected chi connectivity index (χ3v) is 4.75. The van der Waals surface area contributed by atoms with E-state index in [0.717, 1.165) is 12.8 Å². The van der Waals surface area contributed by atoms with Crippen LogP contribution in [0.3, 0.4) is 0 Å². The fraction of sp³-hybridized carbons (Fsp3) is 0.385. The van der Waals surface area contributed by atoms with Gasteiger partial charge in [-0.1, -0.05) is 0 Å². The molecule has 0 saturated carbocycles. The lowest BCUT2D eigenvalue weighted by Gasteiger charge is -2.15. The maximum Gasteiger partial charge on any atom is 0.242 e. The van der Waals surface area contributed by atoms with Crippen LogP contribution in [0.2, 0.25) is 0 Å². The van der Waals surface area contributed by atoms with Crippen LogP contribution in [-0.2, 0) is 14.8 Å². The highest BCUT2D eigenvalue weighted by molar-refractivity contribution is 7.89. The number of rotatable bonds is 4. The van der Waals surface area contributed by atoms with Crippen LogP contribution in [0.25, 0.3) is 0 Å². The number of nitrogens with one attached hydrogen (secondary N) is 1. The molecule has 1 fully saturated rings. The number of nitriles is 1. The van der Waals surface area contributed by atoms with Crippen molar-refractivity contribution in [2.45, 2.75) is 17.7 Å². The first-order valence-corrected chi connectivity index (χ1v) is 7.99. The summed E-state index contributed by atoms with van der Waals surface area (Å²) in [6.45, 7) is 1.01. The number of benzene rings is 1. The van der Waals surface area contributed by atoms with E-state index in [0.29, 0.717) is 18.8 Å². The Morgan fingerprint density at radius 3 is 2.67 bits per heavy atom. The van der Waals surface area contributed by atoms with Crippen LogP contribution >= 0.6 is 0 Å². The van der Waals surface area contributed by atoms with E-state index in [2.05, 4.69) is 4.72 Å². The fourth-order valence-corrected chi connectivity index (χ4v) is 3.29. The van der Waals surface area contributed by atoms with Crippen LogP contribution in [0.4, 0.5) is 5.69 Å². The minimum absolute atomic E-state index is 0.0453. The Morgan fingerprint density at radius 1 is 1.38 bits per heavy atom. The van der Waals surface area contributed by atoms with Gasteiger partial charge in [0.2, 0.25) is 15.9 Å². The molecule has 21 heavy (non-hydrogen) atoms. The van der Waals surface area contributed by atoms with Gasteiger partial charge in [0.05, 0.1) is 17.0 Å². The number of nitrogens with two attached hydrogens (primary N) is 1. The second-order valence-corrected chi connectivity index (χ2v) is 6.52. The molecule has 2 rings (SSSR count). The summed E-state index contributed by atoms with van der Waals surface area (Å²) in [5, 5.41) is 8.98. The summed E-state index contributed by atoms with van der Waals surface area (Å²) in [7, 11) is -3.92. The number of likely N-dealkylation sites (tertiary alicyclic amines) is 1. The monoisotopic (exact) mass is 308 g/mol. The average molecular weight is 308 g/mol. The molecule has 0 spiro atoms. The maximum atomic E-state index is 12.2. The molecule has 1 saturated heterocycles. The Labute approximate surface area is 123 Å². The normalized spacial score (nSPS) is 14.9. The molecule has 0 bridgehead atoms. The highest BCUT2D eigenvalue weighted by Gasteiger charge is 2.23. The quantitative estimate of drug-likeness (QED) is 0.762. The van der Waals surface area contributed by atoms with E-state index in [-0.39, 0.29) is 22.9 Å². The molecule has 1 aromatic rings. The van der Waals surface area contributed by atoms with Crippen molar-refractivity contribution in [1.29, 1.82) is 5.26 Å². The number of hydrogen-bond acceptors (Lipinski definition) is 5. The minimum atomic E-state index is -3.92. The molecule has 112 valence electrons. The molecule has 3 N–H and O–H groups in total. The molecule has 0 aromatic heterocycles. The number of carbonyl (C=O) groups is 1. The second-order valence-electron chi connectivity index (χ2n) is 4.78. The summed E-state index contributed by atoms with van der Waals surface area (Å²) < 4.78 is 26.6. The predicted molar refractivity (Wildman–Crippen MR) is 76.6 cm³/mol. The lowest BCUT2D eigenvalue weighted by molar-refractivity contribution is -0.128. The summed E-state index contributed by atoms with van der Waals surface area (Å²) in [6.07, 6.45) is 1.88. The molecule has 1 aromatic carbocycles. The van der Waals surface area contributed by atoms with E-state index in [9.17, 15) is 13.2 Å². The number of hydrogen-bond donors (Lipinski definition) is 2. The summed E-state index contributed by atoms with van der Waals surface area (Å²) in [6, 6.07) is 5.74. The van der Waals surface area contributed by atoms with Gasteiger partial charge in [-0.25, -0.2) is 13.1 Å². The van der Waals surface area contributed by atoms with Gasteiger partial charge in [0.1, 0.15) is 6.07 Å². The molecule has 0 unspecified atom stereocenters. The number of anilines is 1. The fourth-order valence-electron chi connectivity index (χ4n) is 2.18. The predicted octanol–water partition coefficient (Wildman–Crippen LogP) is 0.0412. The van der Waals surface area contributed by atoms with E-state index in [4.69, 9.17) is 11.0 Å². The van der Waals surface area contributed by atoms with Gasteiger partial charge in [0, 0.05) is 18.8 Å². The zero-order valence-electron chi connectivity index (χ0n) is 11.4. The first-order valence-electron chi connectivity index (χ1n) is 6.51. The van der Waals surface area contributed by atoms with Crippen LogP contribution in [0.15, 0.2) is 23.1 Å². The lowest BCUT2D eigenvalue weighted by atomic mass is 10.2. The smallest absolute Gasteiger partial charge is 0.242 e. The summed E-state index contributed by atoms with van der Waals surface area (Å²) in [5.74, 6) is -0.259. The van der Waals surface area contributed by atoms with E-state index >= 15 is 0 Å². The minimum Gasteiger partial charge on any atom is -0.399 e. The summed E-state index contributed by atoms with van der Waals surface area (Å²) in [5.41, 5.74) is 5.78. The van der Waals surface area contributed by atoms with Gasteiger partial charge in [0.25, 0.3) is 0 Å². The largest absolute Gasteiger partial charge is 0.399 e. The standard InChI is InChI=1S/C13H16N4O3S/c14-8-10-7-11(15)3-4-12(10)21(19,20)16-9-13(18)17-5-1-2-6-17/h3-4,7,16H,1-2,5-6,9,15H2. The number of carbonyl (C=O) groups excluding carboxylic acids is 1. The van der Waals surface area contributed by atoms with Crippen molar-refractivity contribution in [3.63, 3.8) is 0 Å². The molecule has 1 aliphatic heterocycles. The van der Waals surface area contributed by atoms with Gasteiger partial charge >= 0.3 is 0 Å². The van der Waals surface area contributed by atoms with Gasteiger partial charge in [0.15, 0.2) is 0 Å². The van der Waals surface area contributed by atoms with Gasteiger partial charge < -0.3 is 10.6 Å².